The molecule has 2 atom stereocenters. The zero-order valence-corrected chi connectivity index (χ0v) is 14.3. The summed E-state index contributed by atoms with van der Waals surface area (Å²) in [5.74, 6) is 0.339. The number of aliphatic imine (C=N–C) groups is 1. The van der Waals surface area contributed by atoms with Gasteiger partial charge in [0.25, 0.3) is 0 Å². The number of carbonyl (C=O) groups is 1. The zero-order chi connectivity index (χ0) is 15.6. The van der Waals surface area contributed by atoms with Crippen LogP contribution in [-0.2, 0) is 11.2 Å². The molecule has 0 aliphatic carbocycles. The number of thioether (sulfide) groups is 1. The molecule has 0 bridgehead atoms. The maximum absolute atomic E-state index is 12.2. The third-order valence-corrected chi connectivity index (χ3v) is 5.76. The van der Waals surface area contributed by atoms with Crippen molar-refractivity contribution in [2.75, 3.05) is 0 Å². The molecule has 1 aliphatic heterocycles. The molecule has 114 valence electrons. The summed E-state index contributed by atoms with van der Waals surface area (Å²) in [5.41, 5.74) is 2.55. The molecule has 1 aromatic carbocycles. The van der Waals surface area contributed by atoms with Crippen LogP contribution in [-0.4, -0.2) is 15.8 Å². The van der Waals surface area contributed by atoms with Crippen molar-refractivity contribution < 1.29 is 4.79 Å². The van der Waals surface area contributed by atoms with Crippen LogP contribution >= 0.6 is 11.8 Å². The highest BCUT2D eigenvalue weighted by molar-refractivity contribution is 8.16. The molecule has 0 radical (unpaired) electrons. The molecule has 0 aromatic heterocycles. The smallest absolute Gasteiger partial charge is 0.242 e. The van der Waals surface area contributed by atoms with Crippen molar-refractivity contribution in [2.45, 2.75) is 51.8 Å². The molecular formula is C17H24N2OS. The highest BCUT2D eigenvalue weighted by atomic mass is 32.2. The summed E-state index contributed by atoms with van der Waals surface area (Å²) in [6.07, 6.45) is 0.995. The number of hydrogen-bond acceptors (Lipinski definition) is 3. The van der Waals surface area contributed by atoms with Crippen LogP contribution in [0.5, 0.6) is 0 Å². The van der Waals surface area contributed by atoms with Crippen LogP contribution in [0.1, 0.15) is 51.8 Å². The molecule has 1 fully saturated rings. The average molecular weight is 304 g/mol. The fourth-order valence-electron chi connectivity index (χ4n) is 2.44. The van der Waals surface area contributed by atoms with Crippen molar-refractivity contribution in [3.05, 3.63) is 35.4 Å². The van der Waals surface area contributed by atoms with Gasteiger partial charge in [0, 0.05) is 0 Å². The van der Waals surface area contributed by atoms with E-state index < -0.39 is 4.75 Å². The van der Waals surface area contributed by atoms with E-state index in [2.05, 4.69) is 51.2 Å². The van der Waals surface area contributed by atoms with Crippen LogP contribution in [0, 0.1) is 5.92 Å². The summed E-state index contributed by atoms with van der Waals surface area (Å²) in [6.45, 7) is 10.4. The van der Waals surface area contributed by atoms with Crippen molar-refractivity contribution in [3.63, 3.8) is 0 Å². The summed E-state index contributed by atoms with van der Waals surface area (Å²) >= 11 is 1.55. The normalized spacial score (nSPS) is 25.4. The number of nitrogens with one attached hydrogen (secondary N) is 1. The first-order valence-corrected chi connectivity index (χ1v) is 8.36. The van der Waals surface area contributed by atoms with Gasteiger partial charge in [-0.1, -0.05) is 56.8 Å². The Kier molecular flexibility index (Phi) is 4.77. The Hall–Kier alpha value is -1.29. The minimum absolute atomic E-state index is 0.0541. The quantitative estimate of drug-likeness (QED) is 0.915. The Bertz CT molecular complexity index is 568. The van der Waals surface area contributed by atoms with Crippen molar-refractivity contribution in [2.24, 2.45) is 10.9 Å². The molecule has 0 saturated carbocycles. The van der Waals surface area contributed by atoms with E-state index in [-0.39, 0.29) is 17.9 Å². The topological polar surface area (TPSA) is 41.5 Å². The summed E-state index contributed by atoms with van der Waals surface area (Å²) in [7, 11) is 0. The Morgan fingerprint density at radius 3 is 2.52 bits per heavy atom. The van der Waals surface area contributed by atoms with Crippen LogP contribution < -0.4 is 5.32 Å². The van der Waals surface area contributed by atoms with E-state index in [0.717, 1.165) is 11.6 Å². The lowest BCUT2D eigenvalue weighted by Gasteiger charge is -2.22. The molecular weight excluding hydrogens is 280 g/mol. The van der Waals surface area contributed by atoms with Gasteiger partial charge in [-0.2, -0.15) is 0 Å². The first kappa shape index (κ1) is 16.1. The van der Waals surface area contributed by atoms with Gasteiger partial charge in [0.05, 0.1) is 6.04 Å². The number of carbonyl (C=O) groups excluding carboxylic acids is 1. The van der Waals surface area contributed by atoms with E-state index in [0.29, 0.717) is 0 Å². The van der Waals surface area contributed by atoms with E-state index in [1.807, 2.05) is 13.0 Å². The van der Waals surface area contributed by atoms with Gasteiger partial charge in [-0.05, 0) is 37.3 Å². The molecule has 1 unspecified atom stereocenters. The standard InChI is InChI=1S/C17H24N2OS/c1-6-13-9-7-8-10-14(13)12(4)18-16-19-15(20)17(5,21-16)11(2)3/h7-12H,6H2,1-5H3,(H,18,19,20)/t12-,17?/m0/s1. The van der Waals surface area contributed by atoms with Crippen molar-refractivity contribution in [3.8, 4) is 0 Å². The number of aryl methyl sites for hydroxylation is 1. The van der Waals surface area contributed by atoms with Gasteiger partial charge >= 0.3 is 0 Å². The summed E-state index contributed by atoms with van der Waals surface area (Å²) in [5, 5.41) is 3.68. The highest BCUT2D eigenvalue weighted by Gasteiger charge is 2.45. The SMILES string of the molecule is CCc1ccccc1[C@H](C)N=C1NC(=O)C(C)(C(C)C)S1. The minimum Gasteiger partial charge on any atom is -0.304 e. The number of nitrogens with zero attached hydrogens (tertiary/aromatic N) is 1. The minimum atomic E-state index is -0.414. The molecule has 21 heavy (non-hydrogen) atoms. The number of benzene rings is 1. The number of amides is 1. The van der Waals surface area contributed by atoms with Crippen molar-refractivity contribution >= 4 is 22.8 Å². The van der Waals surface area contributed by atoms with Gasteiger partial charge in [0.2, 0.25) is 5.91 Å². The maximum Gasteiger partial charge on any atom is 0.242 e. The van der Waals surface area contributed by atoms with E-state index in [4.69, 9.17) is 4.99 Å². The van der Waals surface area contributed by atoms with E-state index in [1.54, 1.807) is 11.8 Å². The van der Waals surface area contributed by atoms with Crippen molar-refractivity contribution in [1.29, 1.82) is 0 Å². The lowest BCUT2D eigenvalue weighted by atomic mass is 9.96. The summed E-state index contributed by atoms with van der Waals surface area (Å²) in [4.78, 5) is 16.9. The predicted molar refractivity (Wildman–Crippen MR) is 90.6 cm³/mol. The number of rotatable bonds is 4. The molecule has 0 spiro atoms. The third kappa shape index (κ3) is 3.15. The van der Waals surface area contributed by atoms with Gasteiger partial charge in [0.1, 0.15) is 4.75 Å². The third-order valence-electron chi connectivity index (χ3n) is 4.28. The van der Waals surface area contributed by atoms with Gasteiger partial charge < -0.3 is 5.32 Å². The Morgan fingerprint density at radius 1 is 1.29 bits per heavy atom. The van der Waals surface area contributed by atoms with Crippen LogP contribution in [0.15, 0.2) is 29.3 Å². The maximum atomic E-state index is 12.2. The Morgan fingerprint density at radius 2 is 1.95 bits per heavy atom. The lowest BCUT2D eigenvalue weighted by molar-refractivity contribution is -0.122. The van der Waals surface area contributed by atoms with E-state index >= 15 is 0 Å². The number of hydrogen-bond donors (Lipinski definition) is 1. The van der Waals surface area contributed by atoms with Crippen molar-refractivity contribution in [1.82, 2.24) is 5.32 Å². The van der Waals surface area contributed by atoms with Crippen LogP contribution in [0.2, 0.25) is 0 Å². The average Bonchev–Trinajstić information content (AvgIpc) is 2.74. The van der Waals surface area contributed by atoms with Crippen LogP contribution in [0.25, 0.3) is 0 Å². The van der Waals surface area contributed by atoms with Gasteiger partial charge in [-0.15, -0.1) is 0 Å². The molecule has 1 heterocycles. The molecule has 2 rings (SSSR count). The fourth-order valence-corrected chi connectivity index (χ4v) is 3.58. The van der Waals surface area contributed by atoms with Crippen LogP contribution in [0.4, 0.5) is 0 Å². The predicted octanol–water partition coefficient (Wildman–Crippen LogP) is 3.94. The van der Waals surface area contributed by atoms with E-state index in [1.165, 1.54) is 11.1 Å². The Labute approximate surface area is 131 Å². The van der Waals surface area contributed by atoms with Gasteiger partial charge in [0.15, 0.2) is 5.17 Å². The first-order chi connectivity index (χ1) is 9.88. The summed E-state index contributed by atoms with van der Waals surface area (Å²) < 4.78 is -0.414. The second kappa shape index (κ2) is 6.22. The summed E-state index contributed by atoms with van der Waals surface area (Å²) in [6, 6.07) is 8.42. The molecule has 1 aliphatic rings. The fraction of sp³-hybridized carbons (Fsp3) is 0.529. The van der Waals surface area contributed by atoms with Gasteiger partial charge in [-0.3, -0.25) is 9.79 Å². The number of amidine groups is 1. The first-order valence-electron chi connectivity index (χ1n) is 7.54. The molecule has 3 nitrogen and oxygen atoms in total. The highest BCUT2D eigenvalue weighted by Crippen LogP contribution is 2.38. The van der Waals surface area contributed by atoms with Gasteiger partial charge in [-0.25, -0.2) is 0 Å². The zero-order valence-electron chi connectivity index (χ0n) is 13.4. The molecule has 1 aromatic rings. The molecule has 1 amide bonds. The van der Waals surface area contributed by atoms with E-state index in [9.17, 15) is 4.79 Å². The second-order valence-electron chi connectivity index (χ2n) is 5.98. The lowest BCUT2D eigenvalue weighted by Crippen LogP contribution is -2.38. The largest absolute Gasteiger partial charge is 0.304 e. The van der Waals surface area contributed by atoms with Crippen LogP contribution in [0.3, 0.4) is 0 Å². The molecule has 1 saturated heterocycles. The molecule has 4 heteroatoms. The Balaban J connectivity index is 2.23. The monoisotopic (exact) mass is 304 g/mol. The molecule has 1 N–H and O–H groups in total. The second-order valence-corrected chi connectivity index (χ2v) is 7.42.